The summed E-state index contributed by atoms with van der Waals surface area (Å²) in [5.41, 5.74) is 2.00. The smallest absolute Gasteiger partial charge is 0.246 e. The summed E-state index contributed by atoms with van der Waals surface area (Å²) in [7, 11) is 0.783. The Morgan fingerprint density at radius 1 is 1.21 bits per heavy atom. The van der Waals surface area contributed by atoms with E-state index in [0.717, 1.165) is 34.4 Å². The van der Waals surface area contributed by atoms with Crippen molar-refractivity contribution < 1.29 is 17.9 Å². The summed E-state index contributed by atoms with van der Waals surface area (Å²) < 4.78 is 31.8. The molecule has 0 radical (unpaired) electrons. The molecular weight excluding hydrogens is 464 g/mol. The van der Waals surface area contributed by atoms with E-state index in [1.165, 1.54) is 44.5 Å². The van der Waals surface area contributed by atoms with E-state index in [9.17, 15) is 13.2 Å². The Morgan fingerprint density at radius 2 is 1.94 bits per heavy atom. The maximum absolute atomic E-state index is 12.8. The lowest BCUT2D eigenvalue weighted by Crippen LogP contribution is -2.28. The minimum atomic E-state index is -3.82. The zero-order valence-electron chi connectivity index (χ0n) is 18.8. The van der Waals surface area contributed by atoms with Gasteiger partial charge in [0.1, 0.15) is 16.5 Å². The minimum Gasteiger partial charge on any atom is -0.497 e. The van der Waals surface area contributed by atoms with Gasteiger partial charge >= 0.3 is 0 Å². The fourth-order valence-corrected chi connectivity index (χ4v) is 4.85. The van der Waals surface area contributed by atoms with Crippen LogP contribution < -0.4 is 10.1 Å². The standard InChI is InChI=1S/C23H27ClN4O4S/c1-27(16-17-6-8-18(9-7-17)23-25-12-13-26-23)22(29)5-4-14-28(2)33(30,31)21-11-10-19(32-3)15-20(21)24/h4-11,15H,12-14,16H2,1-3H3,(H,25,26)/b5-4+. The molecule has 2 aromatic rings. The van der Waals surface area contributed by atoms with Crippen molar-refractivity contribution in [3.63, 3.8) is 0 Å². The van der Waals surface area contributed by atoms with Gasteiger partial charge in [-0.05, 0) is 17.7 Å². The van der Waals surface area contributed by atoms with Crippen molar-refractivity contribution in [1.29, 1.82) is 0 Å². The highest BCUT2D eigenvalue weighted by Crippen LogP contribution is 2.28. The third kappa shape index (κ3) is 6.13. The normalized spacial score (nSPS) is 13.8. The number of ether oxygens (including phenoxy) is 1. The highest BCUT2D eigenvalue weighted by Gasteiger charge is 2.23. The lowest BCUT2D eigenvalue weighted by atomic mass is 10.1. The monoisotopic (exact) mass is 490 g/mol. The molecule has 2 aromatic carbocycles. The maximum atomic E-state index is 12.8. The zero-order chi connectivity index (χ0) is 24.0. The van der Waals surface area contributed by atoms with Gasteiger partial charge in [-0.25, -0.2) is 8.42 Å². The second-order valence-corrected chi connectivity index (χ2v) is 9.95. The summed E-state index contributed by atoms with van der Waals surface area (Å²) in [6.45, 7) is 2.08. The number of nitrogens with one attached hydrogen (secondary N) is 1. The number of halogens is 1. The number of methoxy groups -OCH3 is 1. The maximum Gasteiger partial charge on any atom is 0.246 e. The molecule has 1 heterocycles. The molecule has 0 spiro atoms. The molecule has 1 aliphatic heterocycles. The second-order valence-electron chi connectivity index (χ2n) is 7.53. The molecule has 0 saturated carbocycles. The van der Waals surface area contributed by atoms with Gasteiger partial charge in [0.2, 0.25) is 15.9 Å². The predicted octanol–water partition coefficient (Wildman–Crippen LogP) is 2.53. The van der Waals surface area contributed by atoms with Crippen molar-refractivity contribution in [3.05, 3.63) is 70.8 Å². The summed E-state index contributed by atoms with van der Waals surface area (Å²) in [4.78, 5) is 18.4. The Kier molecular flexibility index (Phi) is 8.12. The van der Waals surface area contributed by atoms with E-state index in [1.54, 1.807) is 11.9 Å². The highest BCUT2D eigenvalue weighted by molar-refractivity contribution is 7.89. The summed E-state index contributed by atoms with van der Waals surface area (Å²) in [5, 5.41) is 3.30. The van der Waals surface area contributed by atoms with Crippen LogP contribution in [0.2, 0.25) is 5.02 Å². The van der Waals surface area contributed by atoms with Gasteiger partial charge in [0.25, 0.3) is 0 Å². The molecule has 0 bridgehead atoms. The first-order chi connectivity index (χ1) is 15.7. The van der Waals surface area contributed by atoms with E-state index in [-0.39, 0.29) is 22.4 Å². The number of benzene rings is 2. The van der Waals surface area contributed by atoms with Crippen LogP contribution >= 0.6 is 11.6 Å². The Morgan fingerprint density at radius 3 is 2.55 bits per heavy atom. The van der Waals surface area contributed by atoms with Crippen LogP contribution in [0, 0.1) is 0 Å². The molecule has 1 amide bonds. The van der Waals surface area contributed by atoms with Gasteiger partial charge in [-0.15, -0.1) is 0 Å². The van der Waals surface area contributed by atoms with E-state index in [1.807, 2.05) is 24.3 Å². The fourth-order valence-electron chi connectivity index (χ4n) is 3.22. The first-order valence-electron chi connectivity index (χ1n) is 10.3. The molecule has 0 aromatic heterocycles. The Labute approximate surface area is 199 Å². The van der Waals surface area contributed by atoms with Gasteiger partial charge in [-0.3, -0.25) is 9.79 Å². The molecule has 0 atom stereocenters. The Hall–Kier alpha value is -2.88. The van der Waals surface area contributed by atoms with Gasteiger partial charge in [0.15, 0.2) is 0 Å². The Bertz CT molecular complexity index is 1160. The third-order valence-electron chi connectivity index (χ3n) is 5.15. The van der Waals surface area contributed by atoms with Crippen molar-refractivity contribution in [2.75, 3.05) is 40.8 Å². The molecule has 0 saturated heterocycles. The van der Waals surface area contributed by atoms with Crippen LogP contribution in [0.3, 0.4) is 0 Å². The number of likely N-dealkylation sites (N-methyl/N-ethyl adjacent to an activating group) is 2. The third-order valence-corrected chi connectivity index (χ3v) is 7.45. The number of rotatable bonds is 9. The van der Waals surface area contributed by atoms with E-state index in [4.69, 9.17) is 16.3 Å². The van der Waals surface area contributed by atoms with Crippen molar-refractivity contribution in [3.8, 4) is 5.75 Å². The van der Waals surface area contributed by atoms with Crippen molar-refractivity contribution in [1.82, 2.24) is 14.5 Å². The molecule has 8 nitrogen and oxygen atoms in total. The number of hydrogen-bond acceptors (Lipinski definition) is 6. The number of carbonyl (C=O) groups is 1. The number of amides is 1. The summed E-state index contributed by atoms with van der Waals surface area (Å²) in [6.07, 6.45) is 2.88. The largest absolute Gasteiger partial charge is 0.497 e. The number of carbonyl (C=O) groups excluding carboxylic acids is 1. The van der Waals surface area contributed by atoms with E-state index in [0.29, 0.717) is 12.3 Å². The van der Waals surface area contributed by atoms with Crippen molar-refractivity contribution in [2.45, 2.75) is 11.4 Å². The van der Waals surface area contributed by atoms with Crippen molar-refractivity contribution in [2.24, 2.45) is 4.99 Å². The Balaban J connectivity index is 1.56. The molecule has 1 N–H and O–H groups in total. The number of amidine groups is 1. The summed E-state index contributed by atoms with van der Waals surface area (Å²) >= 11 is 6.11. The molecule has 3 rings (SSSR count). The van der Waals surface area contributed by atoms with Crippen LogP contribution in [0.25, 0.3) is 0 Å². The number of nitrogens with zero attached hydrogens (tertiary/aromatic N) is 3. The van der Waals surface area contributed by atoms with Gasteiger partial charge in [0.05, 0.1) is 18.7 Å². The van der Waals surface area contributed by atoms with Gasteiger partial charge in [0, 0.05) is 51.4 Å². The average molecular weight is 491 g/mol. The summed E-state index contributed by atoms with van der Waals surface area (Å²) in [5.74, 6) is 1.13. The number of sulfonamides is 1. The first kappa shape index (κ1) is 24.8. The molecule has 0 aliphatic carbocycles. The van der Waals surface area contributed by atoms with Crippen LogP contribution in [0.4, 0.5) is 0 Å². The van der Waals surface area contributed by atoms with Crippen molar-refractivity contribution >= 4 is 33.4 Å². The predicted molar refractivity (Wildman–Crippen MR) is 129 cm³/mol. The second kappa shape index (κ2) is 10.8. The van der Waals surface area contributed by atoms with Gasteiger partial charge < -0.3 is 15.0 Å². The highest BCUT2D eigenvalue weighted by atomic mass is 35.5. The molecule has 33 heavy (non-hydrogen) atoms. The van der Waals surface area contributed by atoms with Crippen LogP contribution in [0.5, 0.6) is 5.75 Å². The van der Waals surface area contributed by atoms with E-state index >= 15 is 0 Å². The van der Waals surface area contributed by atoms with Crippen LogP contribution in [-0.2, 0) is 21.4 Å². The molecule has 0 unspecified atom stereocenters. The SMILES string of the molecule is COc1ccc(S(=O)(=O)N(C)C/C=C/C(=O)N(C)Cc2ccc(C3=NCCN3)cc2)c(Cl)c1. The quantitative estimate of drug-likeness (QED) is 0.545. The first-order valence-corrected chi connectivity index (χ1v) is 12.1. The van der Waals surface area contributed by atoms with Crippen LogP contribution in [-0.4, -0.2) is 70.2 Å². The lowest BCUT2D eigenvalue weighted by Gasteiger charge is -2.17. The van der Waals surface area contributed by atoms with E-state index in [2.05, 4.69) is 10.3 Å². The number of aliphatic imine (C=N–C) groups is 1. The topological polar surface area (TPSA) is 91.3 Å². The number of hydrogen-bond donors (Lipinski definition) is 1. The summed E-state index contributed by atoms with van der Waals surface area (Å²) in [6, 6.07) is 12.3. The fraction of sp³-hybridized carbons (Fsp3) is 0.304. The average Bonchev–Trinajstić information content (AvgIpc) is 3.34. The molecule has 176 valence electrons. The minimum absolute atomic E-state index is 0.0217. The molecular formula is C23H27ClN4O4S. The van der Waals surface area contributed by atoms with Crippen LogP contribution in [0.1, 0.15) is 11.1 Å². The van der Waals surface area contributed by atoms with Gasteiger partial charge in [-0.1, -0.05) is 41.9 Å². The zero-order valence-corrected chi connectivity index (χ0v) is 20.4. The van der Waals surface area contributed by atoms with Gasteiger partial charge in [-0.2, -0.15) is 4.31 Å². The van der Waals surface area contributed by atoms with Crippen LogP contribution in [0.15, 0.2) is 64.5 Å². The lowest BCUT2D eigenvalue weighted by molar-refractivity contribution is -0.125. The molecule has 1 aliphatic rings. The molecule has 10 heteroatoms. The van der Waals surface area contributed by atoms with E-state index < -0.39 is 10.0 Å². The molecule has 0 fully saturated rings.